The van der Waals surface area contributed by atoms with Gasteiger partial charge in [-0.15, -0.1) is 0 Å². The molecular formula is C14H19NO3. The van der Waals surface area contributed by atoms with Crippen LogP contribution in [0.3, 0.4) is 0 Å². The molecule has 0 aromatic carbocycles. The number of nitrogens with zero attached hydrogens (tertiary/aromatic N) is 1. The lowest BCUT2D eigenvalue weighted by molar-refractivity contribution is -0.138. The first-order valence-electron chi connectivity index (χ1n) is 6.93. The molecule has 3 rings (SSSR count). The summed E-state index contributed by atoms with van der Waals surface area (Å²) in [4.78, 5) is 26.0. The minimum Gasteiger partial charge on any atom is -0.367 e. The fourth-order valence-electron chi connectivity index (χ4n) is 3.45. The fourth-order valence-corrected chi connectivity index (χ4v) is 3.45. The van der Waals surface area contributed by atoms with Gasteiger partial charge in [-0.1, -0.05) is 19.3 Å². The van der Waals surface area contributed by atoms with Crippen molar-refractivity contribution in [3.8, 4) is 0 Å². The minimum absolute atomic E-state index is 0.00224. The van der Waals surface area contributed by atoms with Gasteiger partial charge in [0.2, 0.25) is 0 Å². The number of Topliss-reactive ketones (excluding diaryl/α,β-unsaturated/α-hetero) is 1. The molecule has 0 aromatic heterocycles. The van der Waals surface area contributed by atoms with Crippen LogP contribution in [0, 0.1) is 5.92 Å². The van der Waals surface area contributed by atoms with E-state index in [0.717, 1.165) is 32.1 Å². The highest BCUT2D eigenvalue weighted by molar-refractivity contribution is 6.21. The Balaban J connectivity index is 1.82. The van der Waals surface area contributed by atoms with Crippen molar-refractivity contribution in [2.75, 3.05) is 6.54 Å². The highest BCUT2D eigenvalue weighted by Crippen LogP contribution is 2.38. The van der Waals surface area contributed by atoms with Gasteiger partial charge in [0.1, 0.15) is 0 Å². The number of aliphatic hydroxyl groups is 1. The number of rotatable bonds is 2. The van der Waals surface area contributed by atoms with E-state index in [1.807, 2.05) is 0 Å². The fraction of sp³-hybridized carbons (Fsp3) is 0.714. The van der Waals surface area contributed by atoms with Crippen LogP contribution in [0.4, 0.5) is 0 Å². The largest absolute Gasteiger partial charge is 0.367 e. The van der Waals surface area contributed by atoms with Crippen molar-refractivity contribution in [2.45, 2.75) is 50.7 Å². The third-order valence-corrected chi connectivity index (χ3v) is 4.49. The first-order valence-corrected chi connectivity index (χ1v) is 6.93. The average molecular weight is 249 g/mol. The van der Waals surface area contributed by atoms with E-state index in [4.69, 9.17) is 0 Å². The highest BCUT2D eigenvalue weighted by atomic mass is 16.3. The Morgan fingerprint density at radius 1 is 1.28 bits per heavy atom. The monoisotopic (exact) mass is 249 g/mol. The Labute approximate surface area is 107 Å². The van der Waals surface area contributed by atoms with Gasteiger partial charge in [0, 0.05) is 18.9 Å². The van der Waals surface area contributed by atoms with Crippen molar-refractivity contribution in [1.82, 2.24) is 4.90 Å². The number of amides is 1. The number of hydrogen-bond acceptors (Lipinski definition) is 3. The molecule has 1 amide bonds. The van der Waals surface area contributed by atoms with Crippen LogP contribution in [0.1, 0.15) is 44.9 Å². The standard InChI is InChI=1S/C14H19NO3/c16-12(10-5-2-1-3-6-10)11-9-14(18)7-4-8-15(14)13(11)17/h9-10,18H,1-8H2. The molecule has 1 saturated heterocycles. The maximum Gasteiger partial charge on any atom is 0.259 e. The lowest BCUT2D eigenvalue weighted by Crippen LogP contribution is -2.41. The molecule has 2 aliphatic heterocycles. The van der Waals surface area contributed by atoms with Crippen molar-refractivity contribution < 1.29 is 14.7 Å². The Morgan fingerprint density at radius 2 is 2.00 bits per heavy atom. The number of hydrogen-bond donors (Lipinski definition) is 1. The molecule has 3 aliphatic rings. The number of carbonyl (C=O) groups is 2. The lowest BCUT2D eigenvalue weighted by Gasteiger charge is -2.24. The summed E-state index contributed by atoms with van der Waals surface area (Å²) in [5, 5.41) is 10.3. The van der Waals surface area contributed by atoms with Gasteiger partial charge in [0.15, 0.2) is 11.5 Å². The molecular weight excluding hydrogens is 230 g/mol. The van der Waals surface area contributed by atoms with Crippen LogP contribution in [-0.4, -0.2) is 34.0 Å². The molecule has 0 radical (unpaired) electrons. The molecule has 2 heterocycles. The molecule has 1 saturated carbocycles. The van der Waals surface area contributed by atoms with Gasteiger partial charge in [-0.3, -0.25) is 9.59 Å². The SMILES string of the molecule is O=C(C1=CC2(O)CCCN2C1=O)C1CCCCC1. The molecule has 2 fully saturated rings. The molecule has 0 aromatic rings. The van der Waals surface area contributed by atoms with E-state index >= 15 is 0 Å². The first kappa shape index (κ1) is 11.9. The number of carbonyl (C=O) groups excluding carboxylic acids is 2. The predicted octanol–water partition coefficient (Wildman–Crippen LogP) is 1.39. The third kappa shape index (κ3) is 1.70. The summed E-state index contributed by atoms with van der Waals surface area (Å²) in [7, 11) is 0. The van der Waals surface area contributed by atoms with Crippen molar-refractivity contribution in [1.29, 1.82) is 0 Å². The summed E-state index contributed by atoms with van der Waals surface area (Å²) in [6, 6.07) is 0. The van der Waals surface area contributed by atoms with Crippen molar-refractivity contribution >= 4 is 11.7 Å². The number of ketones is 1. The van der Waals surface area contributed by atoms with Crippen molar-refractivity contribution in [3.05, 3.63) is 11.6 Å². The number of fused-ring (bicyclic) bond motifs is 1. The quantitative estimate of drug-likeness (QED) is 0.752. The molecule has 1 aliphatic carbocycles. The second-order valence-electron chi connectivity index (χ2n) is 5.70. The molecule has 4 nitrogen and oxygen atoms in total. The van der Waals surface area contributed by atoms with E-state index in [-0.39, 0.29) is 23.2 Å². The normalized spacial score (nSPS) is 32.6. The van der Waals surface area contributed by atoms with Crippen molar-refractivity contribution in [3.63, 3.8) is 0 Å². The second kappa shape index (κ2) is 4.19. The van der Waals surface area contributed by atoms with Crippen LogP contribution in [-0.2, 0) is 9.59 Å². The van der Waals surface area contributed by atoms with Crippen molar-refractivity contribution in [2.24, 2.45) is 5.92 Å². The molecule has 4 heteroatoms. The predicted molar refractivity (Wildman–Crippen MR) is 65.6 cm³/mol. The zero-order valence-corrected chi connectivity index (χ0v) is 10.5. The highest BCUT2D eigenvalue weighted by Gasteiger charge is 2.49. The maximum absolute atomic E-state index is 12.4. The molecule has 18 heavy (non-hydrogen) atoms. The van der Waals surface area contributed by atoms with Gasteiger partial charge in [-0.05, 0) is 25.3 Å². The van der Waals surface area contributed by atoms with E-state index in [0.29, 0.717) is 13.0 Å². The van der Waals surface area contributed by atoms with Crippen LogP contribution in [0.5, 0.6) is 0 Å². The third-order valence-electron chi connectivity index (χ3n) is 4.49. The van der Waals surface area contributed by atoms with Gasteiger partial charge in [-0.2, -0.15) is 0 Å². The smallest absolute Gasteiger partial charge is 0.259 e. The minimum atomic E-state index is -1.17. The Morgan fingerprint density at radius 3 is 2.67 bits per heavy atom. The van der Waals surface area contributed by atoms with Crippen LogP contribution >= 0.6 is 0 Å². The van der Waals surface area contributed by atoms with Crippen LogP contribution in [0.15, 0.2) is 11.6 Å². The maximum atomic E-state index is 12.4. The van der Waals surface area contributed by atoms with Crippen LogP contribution < -0.4 is 0 Å². The van der Waals surface area contributed by atoms with Gasteiger partial charge in [0.05, 0.1) is 5.57 Å². The molecule has 1 N–H and O–H groups in total. The molecule has 98 valence electrons. The van der Waals surface area contributed by atoms with E-state index in [1.54, 1.807) is 0 Å². The summed E-state index contributed by atoms with van der Waals surface area (Å²) in [5.74, 6) is -0.300. The van der Waals surface area contributed by atoms with E-state index in [9.17, 15) is 14.7 Å². The summed E-state index contributed by atoms with van der Waals surface area (Å²) in [6.45, 7) is 0.563. The summed E-state index contributed by atoms with van der Waals surface area (Å²) < 4.78 is 0. The van der Waals surface area contributed by atoms with Crippen LogP contribution in [0.25, 0.3) is 0 Å². The topological polar surface area (TPSA) is 57.6 Å². The van der Waals surface area contributed by atoms with E-state index in [1.165, 1.54) is 17.4 Å². The zero-order valence-electron chi connectivity index (χ0n) is 10.5. The second-order valence-corrected chi connectivity index (χ2v) is 5.70. The van der Waals surface area contributed by atoms with Gasteiger partial charge >= 0.3 is 0 Å². The lowest BCUT2D eigenvalue weighted by atomic mass is 9.83. The first-order chi connectivity index (χ1) is 8.62. The summed E-state index contributed by atoms with van der Waals surface area (Å²) in [6.07, 6.45) is 8.00. The van der Waals surface area contributed by atoms with Gasteiger partial charge in [0.25, 0.3) is 5.91 Å². The van der Waals surface area contributed by atoms with E-state index in [2.05, 4.69) is 0 Å². The average Bonchev–Trinajstić information content (AvgIpc) is 2.87. The molecule has 0 spiro atoms. The Hall–Kier alpha value is -1.16. The molecule has 0 bridgehead atoms. The van der Waals surface area contributed by atoms with Gasteiger partial charge in [-0.25, -0.2) is 0 Å². The van der Waals surface area contributed by atoms with Gasteiger partial charge < -0.3 is 10.0 Å². The zero-order chi connectivity index (χ0) is 12.8. The molecule has 1 atom stereocenters. The Bertz CT molecular complexity index is 423. The van der Waals surface area contributed by atoms with E-state index < -0.39 is 5.72 Å². The molecule has 1 unspecified atom stereocenters. The summed E-state index contributed by atoms with van der Waals surface area (Å²) >= 11 is 0. The van der Waals surface area contributed by atoms with Crippen LogP contribution in [0.2, 0.25) is 0 Å². The Kier molecular flexibility index (Phi) is 2.77. The summed E-state index contributed by atoms with van der Waals surface area (Å²) in [5.41, 5.74) is -0.930.